The molecular weight excluding hydrogens is 468 g/mol. The van der Waals surface area contributed by atoms with Gasteiger partial charge in [-0.25, -0.2) is 0 Å². The Morgan fingerprint density at radius 2 is 2.16 bits per heavy atom. The Hall–Kier alpha value is 0.01000. The van der Waals surface area contributed by atoms with Gasteiger partial charge in [-0.05, 0) is 0 Å². The first-order valence-electron chi connectivity index (χ1n) is 6.01. The third-order valence-corrected chi connectivity index (χ3v) is 4.70. The number of hydrogen-bond acceptors (Lipinski definition) is 3. The van der Waals surface area contributed by atoms with E-state index in [1.807, 2.05) is 54.1 Å². The topological polar surface area (TPSA) is 30.8 Å². The Bertz CT molecular complexity index is 382. The first-order chi connectivity index (χ1) is 9.36. The van der Waals surface area contributed by atoms with Crippen molar-refractivity contribution in [2.45, 2.75) is 24.1 Å². The van der Waals surface area contributed by atoms with Crippen LogP contribution in [0.2, 0.25) is 0 Å². The van der Waals surface area contributed by atoms with Crippen molar-refractivity contribution in [2.24, 2.45) is 3.21 Å². The zero-order chi connectivity index (χ0) is 13.8. The van der Waals surface area contributed by atoms with Crippen LogP contribution in [0, 0.1) is 0 Å². The van der Waals surface area contributed by atoms with E-state index in [2.05, 4.69) is 21.4 Å². The number of allylic oxidation sites excluding steroid dienone is 1. The summed E-state index contributed by atoms with van der Waals surface area (Å²) in [5.74, 6) is 0. The van der Waals surface area contributed by atoms with E-state index in [0.29, 0.717) is 13.2 Å². The fourth-order valence-corrected chi connectivity index (χ4v) is 3.24. The van der Waals surface area contributed by atoms with Gasteiger partial charge >= 0.3 is 140 Å². The summed E-state index contributed by atoms with van der Waals surface area (Å²) in [4.78, 5) is 0. The Morgan fingerprint density at radius 1 is 1.37 bits per heavy atom. The van der Waals surface area contributed by atoms with Gasteiger partial charge in [-0.3, -0.25) is 0 Å². The van der Waals surface area contributed by atoms with Crippen LogP contribution >= 0.6 is 22.9 Å². The second-order valence-electron chi connectivity index (χ2n) is 3.66. The van der Waals surface area contributed by atoms with Crippen molar-refractivity contribution in [1.29, 1.82) is 0 Å². The predicted molar refractivity (Wildman–Crippen MR) is 82.9 cm³/mol. The summed E-state index contributed by atoms with van der Waals surface area (Å²) in [6, 6.07) is 10.2. The molecule has 0 spiro atoms. The van der Waals surface area contributed by atoms with Crippen LogP contribution in [0.4, 0.5) is 0 Å². The first-order valence-corrected chi connectivity index (χ1v) is 9.10. The van der Waals surface area contributed by atoms with E-state index in [4.69, 9.17) is 7.80 Å². The molecule has 0 N–H and O–H groups in total. The van der Waals surface area contributed by atoms with E-state index >= 15 is 0 Å². The van der Waals surface area contributed by atoms with Crippen LogP contribution in [0.1, 0.15) is 18.9 Å². The minimum absolute atomic E-state index is 0.188. The summed E-state index contributed by atoms with van der Waals surface area (Å²) in [5, 5.41) is 0. The van der Waals surface area contributed by atoms with Crippen LogP contribution in [-0.2, 0) is 14.4 Å². The maximum absolute atomic E-state index is 5.81. The molecule has 0 amide bonds. The standard InChI is InChI=1S/C14H18I2NO2/c1-2-3-9-14(18-11-10-17-15)16-19-12-13-7-5-4-6-8-13/h2-8,10,14H,9,11-12H2,1H3/q-1/b3-2+,17-10+/t14-/m1/s1. The molecule has 0 saturated carbocycles. The van der Waals surface area contributed by atoms with E-state index in [-0.39, 0.29) is 4.11 Å². The fraction of sp³-hybridized carbons (Fsp3) is 0.357. The minimum atomic E-state index is -0.435. The number of hydrogen-bond donors (Lipinski definition) is 0. The van der Waals surface area contributed by atoms with Gasteiger partial charge in [0.15, 0.2) is 0 Å². The van der Waals surface area contributed by atoms with Crippen molar-refractivity contribution in [3.63, 3.8) is 0 Å². The van der Waals surface area contributed by atoms with Crippen molar-refractivity contribution < 1.29 is 29.4 Å². The summed E-state index contributed by atoms with van der Waals surface area (Å²) in [7, 11) is 0. The van der Waals surface area contributed by atoms with Crippen LogP contribution < -0.4 is 21.6 Å². The molecule has 0 bridgehead atoms. The van der Waals surface area contributed by atoms with Crippen LogP contribution in [-0.4, -0.2) is 16.9 Å². The van der Waals surface area contributed by atoms with Gasteiger partial charge in [-0.1, -0.05) is 0 Å². The molecule has 0 aliphatic carbocycles. The van der Waals surface area contributed by atoms with Crippen LogP contribution in [0.15, 0.2) is 45.7 Å². The molecule has 3 nitrogen and oxygen atoms in total. The van der Waals surface area contributed by atoms with E-state index in [9.17, 15) is 0 Å². The van der Waals surface area contributed by atoms with Gasteiger partial charge < -0.3 is 0 Å². The fourth-order valence-electron chi connectivity index (χ4n) is 1.29. The molecule has 1 aromatic rings. The third-order valence-electron chi connectivity index (χ3n) is 2.20. The molecule has 0 unspecified atom stereocenters. The zero-order valence-electron chi connectivity index (χ0n) is 10.8. The Labute approximate surface area is 139 Å². The van der Waals surface area contributed by atoms with Gasteiger partial charge in [0.25, 0.3) is 0 Å². The van der Waals surface area contributed by atoms with Crippen molar-refractivity contribution in [3.05, 3.63) is 48.0 Å². The van der Waals surface area contributed by atoms with Gasteiger partial charge in [0.05, 0.1) is 0 Å². The number of rotatable bonds is 9. The molecule has 5 heteroatoms. The van der Waals surface area contributed by atoms with Gasteiger partial charge in [-0.15, -0.1) is 0 Å². The monoisotopic (exact) mass is 486 g/mol. The summed E-state index contributed by atoms with van der Waals surface area (Å²) in [6.45, 7) is 3.25. The summed E-state index contributed by atoms with van der Waals surface area (Å²) >= 11 is 1.52. The van der Waals surface area contributed by atoms with Gasteiger partial charge in [0.2, 0.25) is 0 Å². The van der Waals surface area contributed by atoms with Crippen molar-refractivity contribution in [3.8, 4) is 0 Å². The van der Waals surface area contributed by atoms with Crippen LogP contribution in [0.3, 0.4) is 0 Å². The second-order valence-corrected chi connectivity index (χ2v) is 6.73. The first kappa shape index (κ1) is 17.1. The predicted octanol–water partition coefficient (Wildman–Crippen LogP) is 0.937. The van der Waals surface area contributed by atoms with Crippen molar-refractivity contribution in [2.75, 3.05) is 6.61 Å². The molecule has 0 heterocycles. The van der Waals surface area contributed by atoms with E-state index in [1.54, 1.807) is 6.21 Å². The summed E-state index contributed by atoms with van der Waals surface area (Å²) in [5.41, 5.74) is 1.21. The average molecular weight is 486 g/mol. The molecule has 0 aliphatic heterocycles. The molecular formula is C14H18I2NO2-. The second kappa shape index (κ2) is 11.8. The SMILES string of the molecule is C/C=C/C[C@@H](OC/C=N/I)[I-]OCc1ccccc1. The van der Waals surface area contributed by atoms with Gasteiger partial charge in [0, 0.05) is 0 Å². The molecule has 0 fully saturated rings. The van der Waals surface area contributed by atoms with Gasteiger partial charge in [-0.2, -0.15) is 0 Å². The molecule has 1 aromatic carbocycles. The molecule has 1 rings (SSSR count). The Morgan fingerprint density at radius 3 is 2.84 bits per heavy atom. The number of benzene rings is 1. The molecule has 19 heavy (non-hydrogen) atoms. The number of nitrogens with zero attached hydrogens (tertiary/aromatic N) is 1. The quantitative estimate of drug-likeness (QED) is 0.225. The molecule has 0 aliphatic rings. The molecule has 0 radical (unpaired) electrons. The molecule has 106 valence electrons. The van der Waals surface area contributed by atoms with Crippen LogP contribution in [0.5, 0.6) is 0 Å². The van der Waals surface area contributed by atoms with Crippen molar-refractivity contribution in [1.82, 2.24) is 0 Å². The Kier molecular flexibility index (Phi) is 10.6. The maximum atomic E-state index is 5.81. The van der Waals surface area contributed by atoms with E-state index in [1.165, 1.54) is 5.56 Å². The summed E-state index contributed by atoms with van der Waals surface area (Å²) in [6.07, 6.45) is 6.85. The molecule has 1 atom stereocenters. The number of alkyl halides is 1. The van der Waals surface area contributed by atoms with Gasteiger partial charge in [0.1, 0.15) is 0 Å². The normalized spacial score (nSPS) is 13.6. The van der Waals surface area contributed by atoms with E-state index in [0.717, 1.165) is 6.42 Å². The average Bonchev–Trinajstić information content (AvgIpc) is 2.45. The van der Waals surface area contributed by atoms with E-state index < -0.39 is 21.6 Å². The molecule has 0 saturated heterocycles. The van der Waals surface area contributed by atoms with Crippen LogP contribution in [0.25, 0.3) is 0 Å². The zero-order valence-corrected chi connectivity index (χ0v) is 15.2. The number of ether oxygens (including phenoxy) is 1. The molecule has 0 aromatic heterocycles. The number of halogens is 2. The summed E-state index contributed by atoms with van der Waals surface area (Å²) < 4.78 is 15.6. The van der Waals surface area contributed by atoms with Crippen molar-refractivity contribution >= 4 is 29.1 Å². The third kappa shape index (κ3) is 8.72. The Balaban J connectivity index is 2.30.